The summed E-state index contributed by atoms with van der Waals surface area (Å²) >= 11 is 4.69. The molecule has 3 aromatic rings. The van der Waals surface area contributed by atoms with Crippen molar-refractivity contribution in [2.24, 2.45) is 0 Å². The molecular weight excluding hydrogens is 416 g/mol. The number of hydrogen-bond acceptors (Lipinski definition) is 4. The highest BCUT2D eigenvalue weighted by atomic mass is 79.9. The van der Waals surface area contributed by atoms with Gasteiger partial charge in [-0.25, -0.2) is 0 Å². The van der Waals surface area contributed by atoms with E-state index in [2.05, 4.69) is 21.2 Å². The first-order valence-corrected chi connectivity index (χ1v) is 9.39. The fourth-order valence-corrected chi connectivity index (χ4v) is 4.17. The average molecular weight is 429 g/mol. The molecule has 7 heteroatoms. The summed E-state index contributed by atoms with van der Waals surface area (Å²) in [4.78, 5) is 28.4. The number of hydrogen-bond donors (Lipinski definition) is 1. The van der Waals surface area contributed by atoms with Crippen molar-refractivity contribution in [2.75, 3.05) is 17.3 Å². The molecule has 1 N–H and O–H groups in total. The van der Waals surface area contributed by atoms with Crippen LogP contribution in [0.5, 0.6) is 0 Å². The van der Waals surface area contributed by atoms with Crippen molar-refractivity contribution in [2.45, 2.75) is 9.79 Å². The van der Waals surface area contributed by atoms with E-state index in [0.29, 0.717) is 15.9 Å². The highest BCUT2D eigenvalue weighted by Gasteiger charge is 2.24. The summed E-state index contributed by atoms with van der Waals surface area (Å²) in [6.07, 6.45) is 0. The average Bonchev–Trinajstić information content (AvgIpc) is 3.04. The molecule has 0 atom stereocenters. The zero-order valence-electron chi connectivity index (χ0n) is 13.7. The Hall–Kier alpha value is -2.51. The van der Waals surface area contributed by atoms with Gasteiger partial charge in [-0.05, 0) is 58.4 Å². The minimum atomic E-state index is -0.334. The summed E-state index contributed by atoms with van der Waals surface area (Å²) in [5.74, 6) is -0.166. The minimum Gasteiger partial charge on any atom is -0.444 e. The van der Waals surface area contributed by atoms with Crippen molar-refractivity contribution >= 4 is 50.9 Å². The van der Waals surface area contributed by atoms with Crippen LogP contribution >= 0.6 is 27.7 Å². The fraction of sp³-hybridized carbons (Fsp3) is 0.0526. The van der Waals surface area contributed by atoms with E-state index in [-0.39, 0.29) is 17.6 Å². The zero-order chi connectivity index (χ0) is 18.3. The topological polar surface area (TPSA) is 62.6 Å². The molecule has 26 heavy (non-hydrogen) atoms. The van der Waals surface area contributed by atoms with Crippen LogP contribution in [-0.2, 0) is 0 Å². The molecule has 0 bridgehead atoms. The van der Waals surface area contributed by atoms with Gasteiger partial charge < -0.3 is 14.6 Å². The van der Waals surface area contributed by atoms with Crippen LogP contribution in [0.25, 0.3) is 0 Å². The molecule has 130 valence electrons. The first kappa shape index (κ1) is 16.9. The van der Waals surface area contributed by atoms with E-state index in [1.165, 1.54) is 11.8 Å². The van der Waals surface area contributed by atoms with Crippen LogP contribution < -0.4 is 10.2 Å². The number of amides is 2. The zero-order valence-corrected chi connectivity index (χ0v) is 16.1. The van der Waals surface area contributed by atoms with Gasteiger partial charge >= 0.3 is 0 Å². The SMILES string of the molecule is CN1C(=O)c2ccccc2Sc2cc(NC(=O)c3ccc(Br)o3)ccc21. The maximum absolute atomic E-state index is 12.7. The lowest BCUT2D eigenvalue weighted by atomic mass is 10.2. The number of furan rings is 1. The quantitative estimate of drug-likeness (QED) is 0.621. The van der Waals surface area contributed by atoms with Crippen LogP contribution in [0.1, 0.15) is 20.9 Å². The van der Waals surface area contributed by atoms with Crippen LogP contribution in [0.3, 0.4) is 0 Å². The Kier molecular flexibility index (Phi) is 4.34. The van der Waals surface area contributed by atoms with Crippen LogP contribution in [-0.4, -0.2) is 18.9 Å². The third-order valence-corrected chi connectivity index (χ3v) is 5.57. The summed E-state index contributed by atoms with van der Waals surface area (Å²) in [7, 11) is 1.75. The van der Waals surface area contributed by atoms with Crippen molar-refractivity contribution in [1.82, 2.24) is 0 Å². The lowest BCUT2D eigenvalue weighted by Gasteiger charge is -2.18. The summed E-state index contributed by atoms with van der Waals surface area (Å²) in [5.41, 5.74) is 2.10. The number of anilines is 2. The van der Waals surface area contributed by atoms with Gasteiger partial charge in [0, 0.05) is 22.5 Å². The molecule has 2 heterocycles. The molecule has 2 aromatic carbocycles. The predicted molar refractivity (Wildman–Crippen MR) is 104 cm³/mol. The number of carbonyl (C=O) groups is 2. The van der Waals surface area contributed by atoms with E-state index in [1.807, 2.05) is 36.4 Å². The maximum Gasteiger partial charge on any atom is 0.291 e. The molecule has 2 amide bonds. The number of halogens is 1. The molecule has 0 spiro atoms. The van der Waals surface area contributed by atoms with Gasteiger partial charge in [0.15, 0.2) is 10.4 Å². The Morgan fingerprint density at radius 3 is 2.69 bits per heavy atom. The van der Waals surface area contributed by atoms with Crippen molar-refractivity contribution in [3.63, 3.8) is 0 Å². The number of carbonyl (C=O) groups excluding carboxylic acids is 2. The van der Waals surface area contributed by atoms with Crippen molar-refractivity contribution < 1.29 is 14.0 Å². The van der Waals surface area contributed by atoms with E-state index >= 15 is 0 Å². The highest BCUT2D eigenvalue weighted by molar-refractivity contribution is 9.10. The van der Waals surface area contributed by atoms with E-state index in [0.717, 1.165) is 15.5 Å². The second kappa shape index (κ2) is 6.66. The lowest BCUT2D eigenvalue weighted by Crippen LogP contribution is -2.26. The second-order valence-electron chi connectivity index (χ2n) is 5.70. The third-order valence-electron chi connectivity index (χ3n) is 4.02. The molecular formula is C19H13BrN2O3S. The highest BCUT2D eigenvalue weighted by Crippen LogP contribution is 2.42. The Balaban J connectivity index is 1.68. The van der Waals surface area contributed by atoms with Crippen LogP contribution in [0, 0.1) is 0 Å². The summed E-state index contributed by atoms with van der Waals surface area (Å²) in [6.45, 7) is 0. The monoisotopic (exact) mass is 428 g/mol. The largest absolute Gasteiger partial charge is 0.444 e. The Labute approximate surface area is 162 Å². The van der Waals surface area contributed by atoms with Crippen molar-refractivity contribution in [3.8, 4) is 0 Å². The molecule has 1 aromatic heterocycles. The number of fused-ring (bicyclic) bond motifs is 2. The molecule has 0 saturated carbocycles. The summed E-state index contributed by atoms with van der Waals surface area (Å²) < 4.78 is 5.77. The molecule has 0 saturated heterocycles. The van der Waals surface area contributed by atoms with Gasteiger partial charge in [-0.2, -0.15) is 0 Å². The Bertz CT molecular complexity index is 1030. The molecule has 0 aliphatic carbocycles. The molecule has 4 rings (SSSR count). The van der Waals surface area contributed by atoms with E-state index in [4.69, 9.17) is 4.42 Å². The minimum absolute atomic E-state index is 0.0518. The van der Waals surface area contributed by atoms with Crippen molar-refractivity contribution in [1.29, 1.82) is 0 Å². The van der Waals surface area contributed by atoms with E-state index in [9.17, 15) is 9.59 Å². The molecule has 0 fully saturated rings. The maximum atomic E-state index is 12.7. The first-order valence-electron chi connectivity index (χ1n) is 7.78. The van der Waals surface area contributed by atoms with Crippen molar-refractivity contribution in [3.05, 3.63) is 70.6 Å². The van der Waals surface area contributed by atoms with Crippen LogP contribution in [0.4, 0.5) is 11.4 Å². The van der Waals surface area contributed by atoms with E-state index in [1.54, 1.807) is 30.1 Å². The molecule has 5 nitrogen and oxygen atoms in total. The number of benzene rings is 2. The predicted octanol–water partition coefficient (Wildman–Crippen LogP) is 5.04. The molecule has 1 aliphatic rings. The number of nitrogens with one attached hydrogen (secondary N) is 1. The van der Waals surface area contributed by atoms with Gasteiger partial charge in [-0.1, -0.05) is 23.9 Å². The lowest BCUT2D eigenvalue weighted by molar-refractivity contribution is 0.0984. The van der Waals surface area contributed by atoms with Gasteiger partial charge in [0.1, 0.15) is 0 Å². The smallest absolute Gasteiger partial charge is 0.291 e. The molecule has 0 radical (unpaired) electrons. The Morgan fingerprint density at radius 2 is 1.92 bits per heavy atom. The Morgan fingerprint density at radius 1 is 1.12 bits per heavy atom. The van der Waals surface area contributed by atoms with Gasteiger partial charge in [-0.3, -0.25) is 9.59 Å². The third kappa shape index (κ3) is 3.04. The summed E-state index contributed by atoms with van der Waals surface area (Å²) in [5, 5.41) is 2.82. The fourth-order valence-electron chi connectivity index (χ4n) is 2.72. The standard InChI is InChI=1S/C19H13BrN2O3S/c1-22-13-7-6-11(21-18(23)14-8-9-17(20)25-14)10-16(13)26-15-5-3-2-4-12(15)19(22)24/h2-10H,1H3,(H,21,23). The van der Waals surface area contributed by atoms with Gasteiger partial charge in [0.05, 0.1) is 11.3 Å². The van der Waals surface area contributed by atoms with Crippen LogP contribution in [0.2, 0.25) is 0 Å². The number of rotatable bonds is 2. The molecule has 1 aliphatic heterocycles. The first-order chi connectivity index (χ1) is 12.5. The second-order valence-corrected chi connectivity index (χ2v) is 7.57. The van der Waals surface area contributed by atoms with Crippen LogP contribution in [0.15, 0.2) is 73.5 Å². The number of nitrogens with zero attached hydrogens (tertiary/aromatic N) is 1. The molecule has 0 unspecified atom stereocenters. The normalized spacial score (nSPS) is 13.0. The van der Waals surface area contributed by atoms with Gasteiger partial charge in [0.25, 0.3) is 11.8 Å². The van der Waals surface area contributed by atoms with Gasteiger partial charge in [-0.15, -0.1) is 0 Å². The summed E-state index contributed by atoms with van der Waals surface area (Å²) in [6, 6.07) is 16.2. The van der Waals surface area contributed by atoms with E-state index < -0.39 is 0 Å². The van der Waals surface area contributed by atoms with Gasteiger partial charge in [0.2, 0.25) is 0 Å².